The quantitative estimate of drug-likeness (QED) is 0.757. The number of nitrogens with zero attached hydrogens (tertiary/aromatic N) is 1. The Balaban J connectivity index is 1.96. The summed E-state index contributed by atoms with van der Waals surface area (Å²) in [6.07, 6.45) is 0. The van der Waals surface area contributed by atoms with Crippen molar-refractivity contribution in [1.29, 1.82) is 0 Å². The highest BCUT2D eigenvalue weighted by molar-refractivity contribution is 5.95. The zero-order chi connectivity index (χ0) is 18.1. The summed E-state index contributed by atoms with van der Waals surface area (Å²) >= 11 is 0. The van der Waals surface area contributed by atoms with Crippen molar-refractivity contribution in [3.05, 3.63) is 64.4 Å². The molecule has 25 heavy (non-hydrogen) atoms. The van der Waals surface area contributed by atoms with E-state index in [1.54, 1.807) is 0 Å². The maximum absolute atomic E-state index is 12.9. The van der Waals surface area contributed by atoms with Crippen molar-refractivity contribution in [2.75, 3.05) is 5.32 Å². The fourth-order valence-electron chi connectivity index (χ4n) is 2.43. The molecule has 0 aliphatic carbocycles. The summed E-state index contributed by atoms with van der Waals surface area (Å²) in [6.45, 7) is 1.47. The maximum Gasteiger partial charge on any atom is 0.420 e. The van der Waals surface area contributed by atoms with Crippen LogP contribution in [0.3, 0.4) is 0 Å². The summed E-state index contributed by atoms with van der Waals surface area (Å²) in [7, 11) is 0. The van der Waals surface area contributed by atoms with Gasteiger partial charge in [0.2, 0.25) is 5.91 Å². The first kappa shape index (κ1) is 16.4. The van der Waals surface area contributed by atoms with Crippen LogP contribution in [0.5, 0.6) is 0 Å². The van der Waals surface area contributed by atoms with E-state index in [0.717, 1.165) is 4.57 Å². The average Bonchev–Trinajstić information content (AvgIpc) is 2.91. The molecule has 0 aliphatic rings. The van der Waals surface area contributed by atoms with Crippen LogP contribution in [-0.4, -0.2) is 21.6 Å². The predicted molar refractivity (Wildman–Crippen MR) is 87.2 cm³/mol. The van der Waals surface area contributed by atoms with Crippen LogP contribution in [0.25, 0.3) is 11.1 Å². The van der Waals surface area contributed by atoms with Gasteiger partial charge in [-0.15, -0.1) is 0 Å². The monoisotopic (exact) mass is 344 g/mol. The van der Waals surface area contributed by atoms with E-state index < -0.39 is 29.5 Å². The molecule has 3 aromatic rings. The van der Waals surface area contributed by atoms with Crippen LogP contribution in [0.4, 0.5) is 10.1 Å². The Morgan fingerprint density at radius 1 is 1.20 bits per heavy atom. The zero-order valence-corrected chi connectivity index (χ0v) is 13.0. The number of oxazole rings is 1. The summed E-state index contributed by atoms with van der Waals surface area (Å²) in [5, 5.41) is 11.6. The number of anilines is 1. The van der Waals surface area contributed by atoms with Gasteiger partial charge in [0.05, 0.1) is 11.1 Å². The van der Waals surface area contributed by atoms with Gasteiger partial charge in [0.15, 0.2) is 5.58 Å². The lowest BCUT2D eigenvalue weighted by molar-refractivity contribution is -0.118. The van der Waals surface area contributed by atoms with Crippen LogP contribution in [0, 0.1) is 5.82 Å². The number of fused-ring (bicyclic) bond motifs is 1. The number of benzene rings is 2. The molecule has 0 spiro atoms. The molecule has 1 amide bonds. The van der Waals surface area contributed by atoms with Gasteiger partial charge < -0.3 is 14.8 Å². The van der Waals surface area contributed by atoms with E-state index in [1.807, 2.05) is 0 Å². The number of hydrogen-bond acceptors (Lipinski definition) is 4. The van der Waals surface area contributed by atoms with Crippen molar-refractivity contribution in [2.24, 2.45) is 0 Å². The minimum Gasteiger partial charge on any atom is -0.478 e. The van der Waals surface area contributed by atoms with Crippen molar-refractivity contribution in [2.45, 2.75) is 13.0 Å². The molecule has 0 saturated heterocycles. The number of carbonyl (C=O) groups excluding carboxylic acids is 1. The van der Waals surface area contributed by atoms with Gasteiger partial charge >= 0.3 is 11.7 Å². The second kappa shape index (κ2) is 6.23. The average molecular weight is 344 g/mol. The van der Waals surface area contributed by atoms with Crippen LogP contribution in [0.15, 0.2) is 51.7 Å². The van der Waals surface area contributed by atoms with Crippen molar-refractivity contribution in [3.8, 4) is 0 Å². The number of amides is 1. The first-order chi connectivity index (χ1) is 11.9. The molecular formula is C17H13FN2O5. The minimum atomic E-state index is -1.16. The summed E-state index contributed by atoms with van der Waals surface area (Å²) in [4.78, 5) is 35.6. The minimum absolute atomic E-state index is 0.0341. The molecule has 0 fully saturated rings. The van der Waals surface area contributed by atoms with Gasteiger partial charge in [-0.25, -0.2) is 14.0 Å². The predicted octanol–water partition coefficient (Wildman–Crippen LogP) is 2.63. The Labute approximate surface area is 140 Å². The largest absolute Gasteiger partial charge is 0.478 e. The molecule has 1 aromatic heterocycles. The van der Waals surface area contributed by atoms with E-state index in [2.05, 4.69) is 5.32 Å². The zero-order valence-electron chi connectivity index (χ0n) is 13.0. The fraction of sp³-hybridized carbons (Fsp3) is 0.118. The molecule has 0 aliphatic heterocycles. The third-order valence-corrected chi connectivity index (χ3v) is 3.74. The Morgan fingerprint density at radius 2 is 1.88 bits per heavy atom. The van der Waals surface area contributed by atoms with Crippen molar-refractivity contribution >= 4 is 28.7 Å². The van der Waals surface area contributed by atoms with E-state index in [0.29, 0.717) is 5.69 Å². The lowest BCUT2D eigenvalue weighted by Gasteiger charge is -2.13. The summed E-state index contributed by atoms with van der Waals surface area (Å²) in [6, 6.07) is 8.13. The molecule has 1 atom stereocenters. The molecule has 2 aromatic carbocycles. The van der Waals surface area contributed by atoms with Crippen molar-refractivity contribution < 1.29 is 23.5 Å². The van der Waals surface area contributed by atoms with Gasteiger partial charge in [-0.05, 0) is 49.4 Å². The first-order valence-electron chi connectivity index (χ1n) is 7.31. The molecule has 8 heteroatoms. The molecule has 1 heterocycles. The lowest BCUT2D eigenvalue weighted by atomic mass is 10.2. The normalized spacial score (nSPS) is 12.1. The Kier molecular flexibility index (Phi) is 4.10. The molecule has 1 unspecified atom stereocenters. The highest BCUT2D eigenvalue weighted by atomic mass is 19.1. The van der Waals surface area contributed by atoms with E-state index in [4.69, 9.17) is 9.52 Å². The SMILES string of the molecule is CC(C(=O)Nc1ccc(F)cc1)n1c(=O)oc2ccc(C(=O)O)cc21. The number of aromatic carboxylic acids is 1. The van der Waals surface area contributed by atoms with Crippen molar-refractivity contribution in [1.82, 2.24) is 4.57 Å². The fourth-order valence-corrected chi connectivity index (χ4v) is 2.43. The summed E-state index contributed by atoms with van der Waals surface area (Å²) < 4.78 is 19.0. The van der Waals surface area contributed by atoms with E-state index in [1.165, 1.54) is 49.4 Å². The third kappa shape index (κ3) is 3.14. The van der Waals surface area contributed by atoms with Crippen molar-refractivity contribution in [3.63, 3.8) is 0 Å². The lowest BCUT2D eigenvalue weighted by Crippen LogP contribution is -2.29. The van der Waals surface area contributed by atoms with Gasteiger partial charge in [-0.3, -0.25) is 9.36 Å². The second-order valence-electron chi connectivity index (χ2n) is 5.40. The molecule has 3 rings (SSSR count). The Morgan fingerprint density at radius 3 is 2.52 bits per heavy atom. The topological polar surface area (TPSA) is 102 Å². The number of carbonyl (C=O) groups is 2. The molecule has 0 radical (unpaired) electrons. The smallest absolute Gasteiger partial charge is 0.420 e. The van der Waals surface area contributed by atoms with E-state index in [-0.39, 0.29) is 16.7 Å². The van der Waals surface area contributed by atoms with Crippen LogP contribution < -0.4 is 11.1 Å². The second-order valence-corrected chi connectivity index (χ2v) is 5.40. The van der Waals surface area contributed by atoms with Gasteiger partial charge in [0.25, 0.3) is 0 Å². The standard InChI is InChI=1S/C17H13FN2O5/c1-9(15(21)19-12-5-3-11(18)4-6-12)20-13-8-10(16(22)23)2-7-14(13)25-17(20)24/h2-9H,1H3,(H,19,21)(H,22,23). The molecule has 2 N–H and O–H groups in total. The Bertz CT molecular complexity index is 1020. The number of carboxylic acids is 1. The summed E-state index contributed by atoms with van der Waals surface area (Å²) in [5.41, 5.74) is 0.710. The van der Waals surface area contributed by atoms with Crippen LogP contribution in [-0.2, 0) is 4.79 Å². The van der Waals surface area contributed by atoms with Gasteiger partial charge in [-0.1, -0.05) is 0 Å². The van der Waals surface area contributed by atoms with Gasteiger partial charge in [-0.2, -0.15) is 0 Å². The molecule has 128 valence electrons. The number of nitrogens with one attached hydrogen (secondary N) is 1. The molecule has 0 saturated carbocycles. The van der Waals surface area contributed by atoms with Gasteiger partial charge in [0.1, 0.15) is 11.9 Å². The number of aromatic nitrogens is 1. The number of rotatable bonds is 4. The maximum atomic E-state index is 12.9. The van der Waals surface area contributed by atoms with Gasteiger partial charge in [0, 0.05) is 5.69 Å². The number of halogens is 1. The highest BCUT2D eigenvalue weighted by Crippen LogP contribution is 2.20. The van der Waals surface area contributed by atoms with Crippen LogP contribution in [0.1, 0.15) is 23.3 Å². The van der Waals surface area contributed by atoms with E-state index in [9.17, 15) is 18.8 Å². The molecular weight excluding hydrogens is 331 g/mol. The molecule has 0 bridgehead atoms. The number of carboxylic acid groups (broad SMARTS) is 1. The summed E-state index contributed by atoms with van der Waals surface area (Å²) in [5.74, 6) is -2.91. The third-order valence-electron chi connectivity index (χ3n) is 3.74. The number of hydrogen-bond donors (Lipinski definition) is 2. The van der Waals surface area contributed by atoms with Crippen LogP contribution >= 0.6 is 0 Å². The Hall–Kier alpha value is -3.42. The van der Waals surface area contributed by atoms with Crippen LogP contribution in [0.2, 0.25) is 0 Å². The first-order valence-corrected chi connectivity index (χ1v) is 7.31. The molecule has 7 nitrogen and oxygen atoms in total. The highest BCUT2D eigenvalue weighted by Gasteiger charge is 2.22. The van der Waals surface area contributed by atoms with E-state index >= 15 is 0 Å².